The van der Waals surface area contributed by atoms with E-state index in [9.17, 15) is 10.0 Å². The first-order chi connectivity index (χ1) is 7.77. The number of hydrogen-bond acceptors (Lipinski definition) is 4. The van der Waals surface area contributed by atoms with Crippen LogP contribution in [0.4, 0.5) is 0 Å². The maximum absolute atomic E-state index is 9.30. The summed E-state index contributed by atoms with van der Waals surface area (Å²) in [6, 6.07) is 6.99. The molecule has 0 amide bonds. The molecule has 0 radical (unpaired) electrons. The summed E-state index contributed by atoms with van der Waals surface area (Å²) in [4.78, 5) is 3.96. The lowest BCUT2D eigenvalue weighted by atomic mass is 9.77. The molecule has 2 N–H and O–H groups in total. The maximum atomic E-state index is 9.30. The van der Waals surface area contributed by atoms with E-state index < -0.39 is 7.12 Å². The van der Waals surface area contributed by atoms with Crippen molar-refractivity contribution in [1.82, 2.24) is 4.98 Å². The number of fused-ring (bicyclic) bond motifs is 3. The van der Waals surface area contributed by atoms with Crippen LogP contribution in [-0.2, 0) is 0 Å². The van der Waals surface area contributed by atoms with Crippen LogP contribution in [0.25, 0.3) is 21.9 Å². The highest BCUT2D eigenvalue weighted by atomic mass is 16.4. The summed E-state index contributed by atoms with van der Waals surface area (Å²) in [7, 11) is -1.50. The first-order valence-electron chi connectivity index (χ1n) is 4.88. The van der Waals surface area contributed by atoms with Gasteiger partial charge in [0.2, 0.25) is 0 Å². The summed E-state index contributed by atoms with van der Waals surface area (Å²) in [6.07, 6.45) is 3.26. The molecule has 0 fully saturated rings. The van der Waals surface area contributed by atoms with Crippen molar-refractivity contribution < 1.29 is 14.5 Å². The minimum Gasteiger partial charge on any atom is -0.454 e. The summed E-state index contributed by atoms with van der Waals surface area (Å²) >= 11 is 0. The largest absolute Gasteiger partial charge is 0.489 e. The van der Waals surface area contributed by atoms with Crippen LogP contribution in [0.15, 0.2) is 41.1 Å². The molecule has 0 unspecified atom stereocenters. The van der Waals surface area contributed by atoms with Gasteiger partial charge in [-0.15, -0.1) is 0 Å². The Bertz CT molecular complexity index is 662. The molecule has 16 heavy (non-hydrogen) atoms. The Morgan fingerprint density at radius 3 is 2.81 bits per heavy atom. The average molecular weight is 213 g/mol. The highest BCUT2D eigenvalue weighted by Gasteiger charge is 2.18. The van der Waals surface area contributed by atoms with Crippen molar-refractivity contribution in [1.29, 1.82) is 0 Å². The number of aromatic nitrogens is 1. The topological polar surface area (TPSA) is 66.5 Å². The molecule has 3 aromatic rings. The Morgan fingerprint density at radius 1 is 1.12 bits per heavy atom. The van der Waals surface area contributed by atoms with Crippen LogP contribution in [0.2, 0.25) is 0 Å². The molecule has 2 aromatic heterocycles. The van der Waals surface area contributed by atoms with Crippen LogP contribution < -0.4 is 5.46 Å². The standard InChI is InChI=1S/C11H8BNO3/c14-12(15)8-2-1-3-9-11(8)7-4-5-13-6-10(7)16-9/h1-6,14-15H. The van der Waals surface area contributed by atoms with E-state index in [1.165, 1.54) is 0 Å². The SMILES string of the molecule is OB(O)c1cccc2oc3cnccc3c12. The van der Waals surface area contributed by atoms with Crippen LogP contribution in [0.5, 0.6) is 0 Å². The fourth-order valence-corrected chi connectivity index (χ4v) is 1.92. The van der Waals surface area contributed by atoms with Crippen molar-refractivity contribution in [2.45, 2.75) is 0 Å². The molecule has 4 nitrogen and oxygen atoms in total. The summed E-state index contributed by atoms with van der Waals surface area (Å²) in [5.41, 5.74) is 1.72. The summed E-state index contributed by atoms with van der Waals surface area (Å²) in [5, 5.41) is 20.2. The highest BCUT2D eigenvalue weighted by molar-refractivity contribution is 6.62. The zero-order chi connectivity index (χ0) is 11.1. The van der Waals surface area contributed by atoms with E-state index in [0.717, 1.165) is 10.8 Å². The second-order valence-electron chi connectivity index (χ2n) is 3.57. The Balaban J connectivity index is 2.53. The number of pyridine rings is 1. The maximum Gasteiger partial charge on any atom is 0.489 e. The monoisotopic (exact) mass is 213 g/mol. The van der Waals surface area contributed by atoms with Crippen molar-refractivity contribution in [2.24, 2.45) is 0 Å². The summed E-state index contributed by atoms with van der Waals surface area (Å²) < 4.78 is 5.56. The van der Waals surface area contributed by atoms with E-state index in [0.29, 0.717) is 16.6 Å². The smallest absolute Gasteiger partial charge is 0.454 e. The number of rotatable bonds is 1. The summed E-state index contributed by atoms with van der Waals surface area (Å²) in [6.45, 7) is 0. The van der Waals surface area contributed by atoms with Crippen molar-refractivity contribution in [3.05, 3.63) is 36.7 Å². The van der Waals surface area contributed by atoms with Gasteiger partial charge in [0.15, 0.2) is 5.58 Å². The van der Waals surface area contributed by atoms with E-state index in [2.05, 4.69) is 4.98 Å². The van der Waals surface area contributed by atoms with Gasteiger partial charge in [0.05, 0.1) is 6.20 Å². The van der Waals surface area contributed by atoms with E-state index in [4.69, 9.17) is 4.42 Å². The van der Waals surface area contributed by atoms with E-state index in [1.807, 2.05) is 0 Å². The molecule has 0 bridgehead atoms. The van der Waals surface area contributed by atoms with Gasteiger partial charge < -0.3 is 14.5 Å². The van der Waals surface area contributed by atoms with Crippen molar-refractivity contribution in [3.8, 4) is 0 Å². The van der Waals surface area contributed by atoms with Gasteiger partial charge in [-0.1, -0.05) is 12.1 Å². The minimum atomic E-state index is -1.50. The van der Waals surface area contributed by atoms with Gasteiger partial charge in [-0.3, -0.25) is 4.98 Å². The van der Waals surface area contributed by atoms with Crippen molar-refractivity contribution in [2.75, 3.05) is 0 Å². The molecular weight excluding hydrogens is 205 g/mol. The average Bonchev–Trinajstić information content (AvgIpc) is 2.66. The normalized spacial score (nSPS) is 11.1. The van der Waals surface area contributed by atoms with Crippen LogP contribution in [0.1, 0.15) is 0 Å². The van der Waals surface area contributed by atoms with Gasteiger partial charge in [-0.25, -0.2) is 0 Å². The van der Waals surface area contributed by atoms with Crippen LogP contribution >= 0.6 is 0 Å². The molecule has 0 spiro atoms. The molecule has 0 aliphatic carbocycles. The molecular formula is C11H8BNO3. The third kappa shape index (κ3) is 1.22. The van der Waals surface area contributed by atoms with Gasteiger partial charge in [0.25, 0.3) is 0 Å². The van der Waals surface area contributed by atoms with Crippen LogP contribution in [0, 0.1) is 0 Å². The molecule has 0 saturated carbocycles. The second-order valence-corrected chi connectivity index (χ2v) is 3.57. The lowest BCUT2D eigenvalue weighted by molar-refractivity contribution is 0.426. The predicted molar refractivity (Wildman–Crippen MR) is 61.3 cm³/mol. The number of nitrogens with zero attached hydrogens (tertiary/aromatic N) is 1. The molecule has 0 atom stereocenters. The van der Waals surface area contributed by atoms with Gasteiger partial charge in [-0.2, -0.15) is 0 Å². The van der Waals surface area contributed by atoms with Crippen LogP contribution in [0.3, 0.4) is 0 Å². The Kier molecular flexibility index (Phi) is 1.95. The first-order valence-corrected chi connectivity index (χ1v) is 4.88. The molecule has 2 heterocycles. The predicted octanol–water partition coefficient (Wildman–Crippen LogP) is 0.661. The minimum absolute atomic E-state index is 0.447. The van der Waals surface area contributed by atoms with E-state index in [-0.39, 0.29) is 0 Å². The molecule has 1 aromatic carbocycles. The number of furan rings is 1. The lowest BCUT2D eigenvalue weighted by Crippen LogP contribution is -2.30. The number of hydrogen-bond donors (Lipinski definition) is 2. The zero-order valence-corrected chi connectivity index (χ0v) is 8.29. The number of benzene rings is 1. The highest BCUT2D eigenvalue weighted by Crippen LogP contribution is 2.26. The fraction of sp³-hybridized carbons (Fsp3) is 0. The van der Waals surface area contributed by atoms with Crippen molar-refractivity contribution in [3.63, 3.8) is 0 Å². The van der Waals surface area contributed by atoms with Gasteiger partial charge in [0.1, 0.15) is 5.58 Å². The second kappa shape index (κ2) is 3.33. The molecule has 3 rings (SSSR count). The molecule has 0 saturated heterocycles. The van der Waals surface area contributed by atoms with Gasteiger partial charge >= 0.3 is 7.12 Å². The van der Waals surface area contributed by atoms with E-state index >= 15 is 0 Å². The Morgan fingerprint density at radius 2 is 2.00 bits per heavy atom. The quantitative estimate of drug-likeness (QED) is 0.582. The Hall–Kier alpha value is -1.85. The third-order valence-corrected chi connectivity index (χ3v) is 2.61. The summed E-state index contributed by atoms with van der Waals surface area (Å²) in [5.74, 6) is 0. The zero-order valence-electron chi connectivity index (χ0n) is 8.29. The lowest BCUT2D eigenvalue weighted by Gasteiger charge is -2.00. The molecule has 5 heteroatoms. The van der Waals surface area contributed by atoms with Gasteiger partial charge in [-0.05, 0) is 17.6 Å². The van der Waals surface area contributed by atoms with Gasteiger partial charge in [0, 0.05) is 17.0 Å². The molecule has 78 valence electrons. The third-order valence-electron chi connectivity index (χ3n) is 2.61. The fourth-order valence-electron chi connectivity index (χ4n) is 1.92. The van der Waals surface area contributed by atoms with E-state index in [1.54, 1.807) is 36.7 Å². The molecule has 0 aliphatic rings. The molecule has 0 aliphatic heterocycles. The van der Waals surface area contributed by atoms with Crippen LogP contribution in [-0.4, -0.2) is 22.2 Å². The van der Waals surface area contributed by atoms with Crippen molar-refractivity contribution >= 4 is 34.5 Å². The first kappa shape index (κ1) is 9.39. The Labute approximate surface area is 91.3 Å².